The van der Waals surface area contributed by atoms with E-state index in [9.17, 15) is 13.6 Å². The molecule has 0 bridgehead atoms. The van der Waals surface area contributed by atoms with E-state index in [4.69, 9.17) is 5.73 Å². The van der Waals surface area contributed by atoms with Crippen molar-refractivity contribution in [3.8, 4) is 0 Å². The lowest BCUT2D eigenvalue weighted by atomic mass is 10.1. The quantitative estimate of drug-likeness (QED) is 0.836. The maximum absolute atomic E-state index is 13.9. The van der Waals surface area contributed by atoms with E-state index < -0.39 is 17.5 Å². The normalized spacial score (nSPS) is 18.2. The van der Waals surface area contributed by atoms with Gasteiger partial charge in [0.1, 0.15) is 11.6 Å². The summed E-state index contributed by atoms with van der Waals surface area (Å²) in [6.07, 6.45) is 3.44. The van der Waals surface area contributed by atoms with Gasteiger partial charge in [0.15, 0.2) is 0 Å². The number of benzene rings is 1. The third-order valence-electron chi connectivity index (χ3n) is 3.81. The molecule has 1 aromatic carbocycles. The number of aromatic amines is 1. The standard InChI is InChI=1S/C15H15F2N3O/c16-10-8-11(17)12(18)7-9(10)15(21)20-6-2-4-14(20)13-3-1-5-19-13/h1,3,5,7-8,14,19H,2,4,6,18H2. The van der Waals surface area contributed by atoms with Gasteiger partial charge in [-0.2, -0.15) is 0 Å². The number of halogens is 2. The van der Waals surface area contributed by atoms with Crippen molar-refractivity contribution in [3.63, 3.8) is 0 Å². The Bertz CT molecular complexity index is 670. The fraction of sp³-hybridized carbons (Fsp3) is 0.267. The minimum atomic E-state index is -0.885. The number of H-pyrrole nitrogens is 1. The molecule has 3 rings (SSSR count). The maximum atomic E-state index is 13.9. The van der Waals surface area contributed by atoms with Gasteiger partial charge < -0.3 is 15.6 Å². The molecule has 6 heteroatoms. The minimum absolute atomic E-state index is 0.113. The Morgan fingerprint density at radius 3 is 2.86 bits per heavy atom. The van der Waals surface area contributed by atoms with Crippen molar-refractivity contribution in [2.75, 3.05) is 12.3 Å². The first-order valence-electron chi connectivity index (χ1n) is 6.76. The number of carbonyl (C=O) groups is 1. The van der Waals surface area contributed by atoms with E-state index in [1.807, 2.05) is 12.1 Å². The first-order chi connectivity index (χ1) is 10.1. The Labute approximate surface area is 120 Å². The van der Waals surface area contributed by atoms with E-state index in [2.05, 4.69) is 4.98 Å². The first kappa shape index (κ1) is 13.6. The highest BCUT2D eigenvalue weighted by molar-refractivity contribution is 5.95. The molecular weight excluding hydrogens is 276 g/mol. The molecule has 1 atom stereocenters. The second-order valence-electron chi connectivity index (χ2n) is 5.14. The van der Waals surface area contributed by atoms with Crippen LogP contribution in [-0.2, 0) is 0 Å². The molecule has 0 saturated carbocycles. The van der Waals surface area contributed by atoms with Crippen LogP contribution in [0.25, 0.3) is 0 Å². The van der Waals surface area contributed by atoms with Gasteiger partial charge in [-0.15, -0.1) is 0 Å². The van der Waals surface area contributed by atoms with Crippen molar-refractivity contribution in [2.45, 2.75) is 18.9 Å². The summed E-state index contributed by atoms with van der Waals surface area (Å²) in [6.45, 7) is 0.541. The summed E-state index contributed by atoms with van der Waals surface area (Å²) in [7, 11) is 0. The van der Waals surface area contributed by atoms with Crippen molar-refractivity contribution in [2.24, 2.45) is 0 Å². The van der Waals surface area contributed by atoms with Gasteiger partial charge in [0, 0.05) is 24.5 Å². The summed E-state index contributed by atoms with van der Waals surface area (Å²) in [6, 6.07) is 5.36. The van der Waals surface area contributed by atoms with Crippen molar-refractivity contribution >= 4 is 11.6 Å². The van der Waals surface area contributed by atoms with Gasteiger partial charge in [-0.25, -0.2) is 8.78 Å². The van der Waals surface area contributed by atoms with Gasteiger partial charge >= 0.3 is 0 Å². The average molecular weight is 291 g/mol. The lowest BCUT2D eigenvalue weighted by molar-refractivity contribution is 0.0728. The van der Waals surface area contributed by atoms with Gasteiger partial charge in [-0.1, -0.05) is 0 Å². The smallest absolute Gasteiger partial charge is 0.257 e. The second kappa shape index (κ2) is 5.20. The largest absolute Gasteiger partial charge is 0.396 e. The van der Waals surface area contributed by atoms with Gasteiger partial charge in [0.25, 0.3) is 5.91 Å². The summed E-state index contributed by atoms with van der Waals surface area (Å²) in [5, 5.41) is 0. The molecule has 0 spiro atoms. The molecule has 1 aromatic heterocycles. The lowest BCUT2D eigenvalue weighted by Crippen LogP contribution is -2.31. The van der Waals surface area contributed by atoms with Gasteiger partial charge in [-0.05, 0) is 31.0 Å². The van der Waals surface area contributed by atoms with E-state index in [-0.39, 0.29) is 17.3 Å². The molecular formula is C15H15F2N3O. The molecule has 0 aliphatic carbocycles. The van der Waals surface area contributed by atoms with E-state index in [1.165, 1.54) is 0 Å². The van der Waals surface area contributed by atoms with Crippen LogP contribution in [0.1, 0.15) is 34.9 Å². The third kappa shape index (κ3) is 2.37. The summed E-state index contributed by atoms with van der Waals surface area (Å²) >= 11 is 0. The van der Waals surface area contributed by atoms with Crippen LogP contribution in [0.4, 0.5) is 14.5 Å². The van der Waals surface area contributed by atoms with Crippen LogP contribution < -0.4 is 5.73 Å². The number of hydrogen-bond donors (Lipinski definition) is 2. The number of nitrogens with two attached hydrogens (primary N) is 1. The van der Waals surface area contributed by atoms with Crippen molar-refractivity contribution < 1.29 is 13.6 Å². The first-order valence-corrected chi connectivity index (χ1v) is 6.76. The van der Waals surface area contributed by atoms with Crippen LogP contribution in [0.15, 0.2) is 30.5 Å². The fourth-order valence-corrected chi connectivity index (χ4v) is 2.77. The molecule has 1 unspecified atom stereocenters. The Morgan fingerprint density at radius 1 is 1.33 bits per heavy atom. The number of carbonyl (C=O) groups excluding carboxylic acids is 1. The van der Waals surface area contributed by atoms with Gasteiger partial charge in [-0.3, -0.25) is 4.79 Å². The summed E-state index contributed by atoms with van der Waals surface area (Å²) in [5.74, 6) is -2.20. The number of amides is 1. The summed E-state index contributed by atoms with van der Waals surface area (Å²) < 4.78 is 27.1. The second-order valence-corrected chi connectivity index (χ2v) is 5.14. The molecule has 1 amide bonds. The molecule has 3 N–H and O–H groups in total. The predicted molar refractivity (Wildman–Crippen MR) is 74.6 cm³/mol. The Morgan fingerprint density at radius 2 is 2.14 bits per heavy atom. The van der Waals surface area contributed by atoms with Crippen LogP contribution in [-0.4, -0.2) is 22.3 Å². The number of nitrogen functional groups attached to an aromatic ring is 1. The molecule has 0 radical (unpaired) electrons. The number of hydrogen-bond acceptors (Lipinski definition) is 2. The molecule has 1 fully saturated rings. The third-order valence-corrected chi connectivity index (χ3v) is 3.81. The monoisotopic (exact) mass is 291 g/mol. The highest BCUT2D eigenvalue weighted by Gasteiger charge is 2.32. The van der Waals surface area contributed by atoms with Gasteiger partial charge in [0.05, 0.1) is 17.3 Å². The number of rotatable bonds is 2. The Hall–Kier alpha value is -2.37. The Kier molecular flexibility index (Phi) is 3.37. The van der Waals surface area contributed by atoms with Crippen LogP contribution in [0, 0.1) is 11.6 Å². The molecule has 2 heterocycles. The number of nitrogens with one attached hydrogen (secondary N) is 1. The lowest BCUT2D eigenvalue weighted by Gasteiger charge is -2.24. The number of aromatic nitrogens is 1. The molecule has 4 nitrogen and oxygen atoms in total. The number of nitrogens with zero attached hydrogens (tertiary/aromatic N) is 1. The zero-order chi connectivity index (χ0) is 15.0. The SMILES string of the molecule is Nc1cc(C(=O)N2CCCC2c2ccc[nH]2)c(F)cc1F. The average Bonchev–Trinajstić information content (AvgIpc) is 3.11. The van der Waals surface area contributed by atoms with Crippen LogP contribution in [0.5, 0.6) is 0 Å². The molecule has 110 valence electrons. The van der Waals surface area contributed by atoms with Crippen molar-refractivity contribution in [1.29, 1.82) is 0 Å². The minimum Gasteiger partial charge on any atom is -0.396 e. The van der Waals surface area contributed by atoms with Crippen LogP contribution in [0.2, 0.25) is 0 Å². The van der Waals surface area contributed by atoms with E-state index in [1.54, 1.807) is 11.1 Å². The van der Waals surface area contributed by atoms with Crippen molar-refractivity contribution in [1.82, 2.24) is 9.88 Å². The summed E-state index contributed by atoms with van der Waals surface area (Å²) in [4.78, 5) is 17.2. The van der Waals surface area contributed by atoms with E-state index >= 15 is 0 Å². The molecule has 1 aliphatic rings. The van der Waals surface area contributed by atoms with Crippen molar-refractivity contribution in [3.05, 3.63) is 53.4 Å². The fourth-order valence-electron chi connectivity index (χ4n) is 2.77. The highest BCUT2D eigenvalue weighted by Crippen LogP contribution is 2.33. The number of anilines is 1. The topological polar surface area (TPSA) is 62.1 Å². The van der Waals surface area contributed by atoms with Crippen LogP contribution in [0.3, 0.4) is 0 Å². The maximum Gasteiger partial charge on any atom is 0.257 e. The molecule has 1 saturated heterocycles. The number of likely N-dealkylation sites (tertiary alicyclic amines) is 1. The van der Waals surface area contributed by atoms with Crippen LogP contribution >= 0.6 is 0 Å². The Balaban J connectivity index is 1.93. The molecule has 1 aliphatic heterocycles. The summed E-state index contributed by atoms with van der Waals surface area (Å²) in [5.41, 5.74) is 5.94. The van der Waals surface area contributed by atoms with E-state index in [0.717, 1.165) is 24.6 Å². The zero-order valence-corrected chi connectivity index (χ0v) is 11.3. The van der Waals surface area contributed by atoms with Gasteiger partial charge in [0.2, 0.25) is 0 Å². The van der Waals surface area contributed by atoms with E-state index in [0.29, 0.717) is 12.6 Å². The highest BCUT2D eigenvalue weighted by atomic mass is 19.1. The zero-order valence-electron chi connectivity index (χ0n) is 11.3. The molecule has 2 aromatic rings. The predicted octanol–water partition coefficient (Wildman–Crippen LogP) is 2.85. The molecule has 21 heavy (non-hydrogen) atoms.